The number of fused-ring (bicyclic) bond motifs is 1. The van der Waals surface area contributed by atoms with Crippen LogP contribution in [0.2, 0.25) is 0 Å². The molecule has 206 valence electrons. The SMILES string of the molecule is CCn1cc(C(F)(F)F)nc1-c1ccc([C@@H](C)n2ncc3cnc(-c4c(OC)ncnc4C4CCC4)nc32)cc1. The number of aryl methyl sites for hydroxylation is 1. The van der Waals surface area contributed by atoms with E-state index in [9.17, 15) is 13.2 Å². The lowest BCUT2D eigenvalue weighted by Crippen LogP contribution is -2.14. The van der Waals surface area contributed by atoms with Crippen molar-refractivity contribution in [2.24, 2.45) is 0 Å². The summed E-state index contributed by atoms with van der Waals surface area (Å²) in [7, 11) is 1.57. The molecule has 0 radical (unpaired) electrons. The van der Waals surface area contributed by atoms with Crippen LogP contribution >= 0.6 is 0 Å². The maximum absolute atomic E-state index is 13.2. The topological polar surface area (TPSA) is 96.4 Å². The number of rotatable bonds is 7. The van der Waals surface area contributed by atoms with Gasteiger partial charge >= 0.3 is 6.18 Å². The summed E-state index contributed by atoms with van der Waals surface area (Å²) in [5.41, 5.74) is 2.85. The van der Waals surface area contributed by atoms with E-state index in [2.05, 4.69) is 25.0 Å². The Morgan fingerprint density at radius 1 is 1.05 bits per heavy atom. The van der Waals surface area contributed by atoms with Crippen molar-refractivity contribution in [1.29, 1.82) is 0 Å². The highest BCUT2D eigenvalue weighted by atomic mass is 19.4. The number of hydrogen-bond acceptors (Lipinski definition) is 7. The third-order valence-corrected chi connectivity index (χ3v) is 7.51. The van der Waals surface area contributed by atoms with Gasteiger partial charge < -0.3 is 9.30 Å². The normalized spacial score (nSPS) is 14.8. The predicted octanol–water partition coefficient (Wildman–Crippen LogP) is 6.07. The van der Waals surface area contributed by atoms with Crippen LogP contribution in [0.4, 0.5) is 13.2 Å². The third-order valence-electron chi connectivity index (χ3n) is 7.51. The first-order valence-corrected chi connectivity index (χ1v) is 13.1. The van der Waals surface area contributed by atoms with Gasteiger partial charge in [0.05, 0.1) is 30.4 Å². The van der Waals surface area contributed by atoms with E-state index in [-0.39, 0.29) is 11.9 Å². The molecule has 40 heavy (non-hydrogen) atoms. The van der Waals surface area contributed by atoms with Crippen molar-refractivity contribution in [2.45, 2.75) is 57.8 Å². The summed E-state index contributed by atoms with van der Waals surface area (Å²) < 4.78 is 48.6. The molecule has 12 heteroatoms. The van der Waals surface area contributed by atoms with Crippen LogP contribution in [0.3, 0.4) is 0 Å². The summed E-state index contributed by atoms with van der Waals surface area (Å²) in [4.78, 5) is 22.2. The number of aromatic nitrogens is 8. The summed E-state index contributed by atoms with van der Waals surface area (Å²) in [6, 6.07) is 7.10. The molecule has 0 saturated heterocycles. The first-order chi connectivity index (χ1) is 19.3. The fourth-order valence-corrected chi connectivity index (χ4v) is 5.05. The molecule has 0 N–H and O–H groups in total. The molecule has 4 aromatic heterocycles. The highest BCUT2D eigenvalue weighted by Crippen LogP contribution is 2.42. The van der Waals surface area contributed by atoms with Gasteiger partial charge in [-0.2, -0.15) is 18.3 Å². The van der Waals surface area contributed by atoms with Crippen LogP contribution in [0.15, 0.2) is 49.2 Å². The van der Waals surface area contributed by atoms with E-state index < -0.39 is 11.9 Å². The van der Waals surface area contributed by atoms with E-state index in [1.807, 2.05) is 23.7 Å². The average molecular weight is 549 g/mol. The molecule has 0 aliphatic heterocycles. The monoisotopic (exact) mass is 548 g/mol. The molecule has 5 aromatic rings. The molecule has 1 fully saturated rings. The van der Waals surface area contributed by atoms with Crippen molar-refractivity contribution >= 4 is 11.0 Å². The zero-order valence-corrected chi connectivity index (χ0v) is 22.2. The summed E-state index contributed by atoms with van der Waals surface area (Å²) in [5, 5.41) is 5.36. The minimum absolute atomic E-state index is 0.217. The number of imidazole rings is 1. The zero-order chi connectivity index (χ0) is 28.0. The number of nitrogens with zero attached hydrogens (tertiary/aromatic N) is 8. The van der Waals surface area contributed by atoms with E-state index >= 15 is 0 Å². The third kappa shape index (κ3) is 4.46. The molecule has 0 unspecified atom stereocenters. The molecule has 9 nitrogen and oxygen atoms in total. The number of methoxy groups -OCH3 is 1. The van der Waals surface area contributed by atoms with E-state index in [0.717, 1.165) is 42.1 Å². The Morgan fingerprint density at radius 2 is 1.82 bits per heavy atom. The van der Waals surface area contributed by atoms with Crippen LogP contribution in [0.5, 0.6) is 5.88 Å². The van der Waals surface area contributed by atoms with Crippen LogP contribution < -0.4 is 4.74 Å². The van der Waals surface area contributed by atoms with Crippen molar-refractivity contribution in [3.8, 4) is 28.7 Å². The van der Waals surface area contributed by atoms with Crippen LogP contribution in [-0.2, 0) is 12.7 Å². The molecule has 4 heterocycles. The Kier molecular flexibility index (Phi) is 6.47. The first kappa shape index (κ1) is 25.9. The lowest BCUT2D eigenvalue weighted by molar-refractivity contribution is -0.140. The molecular formula is C28H27F3N8O. The Bertz CT molecular complexity index is 1670. The van der Waals surface area contributed by atoms with Gasteiger partial charge in [0.25, 0.3) is 0 Å². The van der Waals surface area contributed by atoms with Gasteiger partial charge in [0.15, 0.2) is 17.2 Å². The lowest BCUT2D eigenvalue weighted by atomic mass is 9.81. The molecule has 0 amide bonds. The molecule has 1 atom stereocenters. The van der Waals surface area contributed by atoms with Gasteiger partial charge in [-0.05, 0) is 32.3 Å². The molecule has 1 aliphatic carbocycles. The van der Waals surface area contributed by atoms with Crippen LogP contribution in [0.25, 0.3) is 33.8 Å². The summed E-state index contributed by atoms with van der Waals surface area (Å²) in [6.45, 7) is 4.15. The smallest absolute Gasteiger partial charge is 0.434 e. The second-order valence-corrected chi connectivity index (χ2v) is 9.86. The molecule has 1 aliphatic rings. The largest absolute Gasteiger partial charge is 0.480 e. The van der Waals surface area contributed by atoms with Gasteiger partial charge in [0.2, 0.25) is 5.88 Å². The van der Waals surface area contributed by atoms with Crippen molar-refractivity contribution in [2.75, 3.05) is 7.11 Å². The minimum Gasteiger partial charge on any atom is -0.480 e. The standard InChI is InChI=1S/C28H27F3N8O/c1-4-38-14-21(28(29,30)31)36-25(38)19-10-8-17(9-11-19)16(2)39-26-20(13-35-39)12-32-24(37-26)22-23(18-6-5-7-18)33-15-34-27(22)40-3/h8-16,18H,4-7H2,1-3H3/t16-/m1/s1. The maximum Gasteiger partial charge on any atom is 0.434 e. The molecule has 6 rings (SSSR count). The second kappa shape index (κ2) is 10.00. The minimum atomic E-state index is -4.50. The van der Waals surface area contributed by atoms with E-state index in [0.29, 0.717) is 40.9 Å². The van der Waals surface area contributed by atoms with E-state index in [4.69, 9.17) is 9.72 Å². The molecule has 1 saturated carbocycles. The van der Waals surface area contributed by atoms with Crippen LogP contribution in [0, 0.1) is 0 Å². The molecular weight excluding hydrogens is 521 g/mol. The molecule has 1 aromatic carbocycles. The Labute approximate surface area is 228 Å². The second-order valence-electron chi connectivity index (χ2n) is 9.86. The summed E-state index contributed by atoms with van der Waals surface area (Å²) in [6.07, 6.45) is 4.77. The zero-order valence-electron chi connectivity index (χ0n) is 22.2. The van der Waals surface area contributed by atoms with Gasteiger partial charge in [-0.15, -0.1) is 0 Å². The van der Waals surface area contributed by atoms with Crippen molar-refractivity contribution in [3.63, 3.8) is 0 Å². The maximum atomic E-state index is 13.2. The van der Waals surface area contributed by atoms with Gasteiger partial charge in [0, 0.05) is 30.4 Å². The van der Waals surface area contributed by atoms with Crippen LogP contribution in [0.1, 0.15) is 62.0 Å². The number of hydrogen-bond donors (Lipinski definition) is 0. The molecule has 0 bridgehead atoms. The molecule has 0 spiro atoms. The van der Waals surface area contributed by atoms with Crippen molar-refractivity contribution in [3.05, 3.63) is 66.1 Å². The highest BCUT2D eigenvalue weighted by Gasteiger charge is 2.35. The van der Waals surface area contributed by atoms with E-state index in [1.165, 1.54) is 10.9 Å². The highest BCUT2D eigenvalue weighted by molar-refractivity contribution is 5.77. The lowest BCUT2D eigenvalue weighted by Gasteiger charge is -2.26. The van der Waals surface area contributed by atoms with Gasteiger partial charge in [-0.1, -0.05) is 30.7 Å². The van der Waals surface area contributed by atoms with Crippen molar-refractivity contribution in [1.82, 2.24) is 39.3 Å². The summed E-state index contributed by atoms with van der Waals surface area (Å²) >= 11 is 0. The van der Waals surface area contributed by atoms with Gasteiger partial charge in [-0.25, -0.2) is 29.6 Å². The van der Waals surface area contributed by atoms with E-state index in [1.54, 1.807) is 38.6 Å². The predicted molar refractivity (Wildman–Crippen MR) is 142 cm³/mol. The van der Waals surface area contributed by atoms with Crippen LogP contribution in [-0.4, -0.2) is 46.4 Å². The Hall–Kier alpha value is -4.35. The fraction of sp³-hybridized carbons (Fsp3) is 0.357. The Morgan fingerprint density at radius 3 is 2.48 bits per heavy atom. The summed E-state index contributed by atoms with van der Waals surface area (Å²) in [5.74, 6) is 1.51. The van der Waals surface area contributed by atoms with Gasteiger partial charge in [-0.3, -0.25) is 0 Å². The number of halogens is 3. The fourth-order valence-electron chi connectivity index (χ4n) is 5.05. The van der Waals surface area contributed by atoms with Gasteiger partial charge in [0.1, 0.15) is 17.7 Å². The van der Waals surface area contributed by atoms with Crippen molar-refractivity contribution < 1.29 is 17.9 Å². The quantitative estimate of drug-likeness (QED) is 0.244. The number of ether oxygens (including phenoxy) is 1. The number of alkyl halides is 3. The first-order valence-electron chi connectivity index (χ1n) is 13.1. The Balaban J connectivity index is 1.35. The number of benzene rings is 1. The average Bonchev–Trinajstić information content (AvgIpc) is 3.56.